The third-order valence-electron chi connectivity index (χ3n) is 3.59. The van der Waals surface area contributed by atoms with Crippen LogP contribution in [0, 0.1) is 6.92 Å². The predicted molar refractivity (Wildman–Crippen MR) is 89.3 cm³/mol. The molecule has 3 aromatic rings. The van der Waals surface area contributed by atoms with Gasteiger partial charge in [0.2, 0.25) is 0 Å². The summed E-state index contributed by atoms with van der Waals surface area (Å²) in [5.74, 6) is 0. The van der Waals surface area contributed by atoms with E-state index < -0.39 is 16.1 Å². The number of aryl methyl sites for hydroxylation is 1. The van der Waals surface area contributed by atoms with Crippen LogP contribution in [0.15, 0.2) is 60.1 Å². The molecule has 1 atom stereocenters. The molecule has 24 heavy (non-hydrogen) atoms. The molecule has 8 heteroatoms. The second-order valence-electron chi connectivity index (χ2n) is 5.26. The van der Waals surface area contributed by atoms with Gasteiger partial charge in [-0.05, 0) is 25.1 Å². The van der Waals surface area contributed by atoms with Crippen LogP contribution in [-0.4, -0.2) is 27.5 Å². The van der Waals surface area contributed by atoms with Crippen LogP contribution in [0.5, 0.6) is 0 Å². The SMILES string of the molecule is Cc1ccc(S(=O)(=O)n2ccc(C(O)c3cncnc3Cl)c2)cc1. The quantitative estimate of drug-likeness (QED) is 0.720. The second-order valence-corrected chi connectivity index (χ2v) is 7.47. The van der Waals surface area contributed by atoms with Crippen molar-refractivity contribution in [2.75, 3.05) is 0 Å². The third-order valence-corrected chi connectivity index (χ3v) is 5.55. The Labute approximate surface area is 144 Å². The van der Waals surface area contributed by atoms with E-state index in [1.807, 2.05) is 6.92 Å². The van der Waals surface area contributed by atoms with Gasteiger partial charge < -0.3 is 5.11 Å². The zero-order valence-corrected chi connectivity index (χ0v) is 14.2. The molecule has 0 saturated carbocycles. The maximum absolute atomic E-state index is 12.6. The van der Waals surface area contributed by atoms with Crippen molar-refractivity contribution < 1.29 is 13.5 Å². The second kappa shape index (κ2) is 6.35. The molecule has 0 bridgehead atoms. The van der Waals surface area contributed by atoms with Crippen LogP contribution in [0.25, 0.3) is 0 Å². The Hall–Kier alpha value is -2.22. The van der Waals surface area contributed by atoms with Crippen LogP contribution in [0.3, 0.4) is 0 Å². The van der Waals surface area contributed by atoms with Gasteiger partial charge in [-0.1, -0.05) is 29.3 Å². The van der Waals surface area contributed by atoms with Gasteiger partial charge in [0.1, 0.15) is 17.6 Å². The Morgan fingerprint density at radius 1 is 1.21 bits per heavy atom. The molecule has 6 nitrogen and oxygen atoms in total. The zero-order chi connectivity index (χ0) is 17.3. The molecule has 0 radical (unpaired) electrons. The first kappa shape index (κ1) is 16.6. The Morgan fingerprint density at radius 2 is 1.92 bits per heavy atom. The van der Waals surface area contributed by atoms with Crippen molar-refractivity contribution in [1.29, 1.82) is 0 Å². The van der Waals surface area contributed by atoms with Gasteiger partial charge in [-0.2, -0.15) is 0 Å². The van der Waals surface area contributed by atoms with Crippen molar-refractivity contribution in [3.8, 4) is 0 Å². The molecule has 0 saturated heterocycles. The largest absolute Gasteiger partial charge is 0.383 e. The fourth-order valence-corrected chi connectivity index (χ4v) is 3.62. The smallest absolute Gasteiger partial charge is 0.267 e. The Morgan fingerprint density at radius 3 is 2.58 bits per heavy atom. The highest BCUT2D eigenvalue weighted by Gasteiger charge is 2.21. The van der Waals surface area contributed by atoms with E-state index in [4.69, 9.17) is 11.6 Å². The number of rotatable bonds is 4. The van der Waals surface area contributed by atoms with E-state index in [1.165, 1.54) is 31.0 Å². The van der Waals surface area contributed by atoms with Gasteiger partial charge in [-0.15, -0.1) is 0 Å². The number of halogens is 1. The maximum atomic E-state index is 12.6. The standard InChI is InChI=1S/C16H14ClN3O3S/c1-11-2-4-13(5-3-11)24(22,23)20-7-6-12(9-20)15(21)14-8-18-10-19-16(14)17/h2-10,15,21H,1H3. The topological polar surface area (TPSA) is 85.1 Å². The molecular weight excluding hydrogens is 350 g/mol. The van der Waals surface area contributed by atoms with Crippen molar-refractivity contribution in [1.82, 2.24) is 13.9 Å². The number of aliphatic hydroxyl groups excluding tert-OH is 1. The van der Waals surface area contributed by atoms with Crippen LogP contribution in [0.2, 0.25) is 5.15 Å². The van der Waals surface area contributed by atoms with Crippen molar-refractivity contribution in [3.63, 3.8) is 0 Å². The Kier molecular flexibility index (Phi) is 4.40. The highest BCUT2D eigenvalue weighted by molar-refractivity contribution is 7.90. The third kappa shape index (κ3) is 3.06. The number of hydrogen-bond donors (Lipinski definition) is 1. The summed E-state index contributed by atoms with van der Waals surface area (Å²) in [7, 11) is -3.72. The number of benzene rings is 1. The van der Waals surface area contributed by atoms with E-state index in [0.29, 0.717) is 11.1 Å². The van der Waals surface area contributed by atoms with E-state index in [-0.39, 0.29) is 10.0 Å². The molecule has 2 heterocycles. The average molecular weight is 364 g/mol. The van der Waals surface area contributed by atoms with Gasteiger partial charge in [0.15, 0.2) is 0 Å². The summed E-state index contributed by atoms with van der Waals surface area (Å²) in [5.41, 5.74) is 1.66. The molecule has 1 unspecified atom stereocenters. The summed E-state index contributed by atoms with van der Waals surface area (Å²) >= 11 is 5.94. The van der Waals surface area contributed by atoms with Gasteiger partial charge in [-0.3, -0.25) is 0 Å². The normalized spacial score (nSPS) is 13.0. The van der Waals surface area contributed by atoms with E-state index >= 15 is 0 Å². The molecule has 0 aliphatic rings. The lowest BCUT2D eigenvalue weighted by molar-refractivity contribution is 0.219. The minimum atomic E-state index is -3.72. The van der Waals surface area contributed by atoms with Crippen LogP contribution >= 0.6 is 11.6 Å². The summed E-state index contributed by atoms with van der Waals surface area (Å²) < 4.78 is 26.3. The van der Waals surface area contributed by atoms with Crippen LogP contribution < -0.4 is 0 Å². The van der Waals surface area contributed by atoms with E-state index in [0.717, 1.165) is 9.54 Å². The molecule has 0 aliphatic heterocycles. The summed E-state index contributed by atoms with van der Waals surface area (Å²) in [4.78, 5) is 7.80. The average Bonchev–Trinajstić information content (AvgIpc) is 3.06. The fourth-order valence-electron chi connectivity index (χ4n) is 2.22. The number of aliphatic hydroxyl groups is 1. The van der Waals surface area contributed by atoms with Crippen LogP contribution in [-0.2, 0) is 10.0 Å². The Balaban J connectivity index is 1.96. The first-order chi connectivity index (χ1) is 11.4. The van der Waals surface area contributed by atoms with Crippen LogP contribution in [0.4, 0.5) is 0 Å². The number of aromatic nitrogens is 3. The monoisotopic (exact) mass is 363 g/mol. The van der Waals surface area contributed by atoms with Gasteiger partial charge in [-0.25, -0.2) is 22.4 Å². The lowest BCUT2D eigenvalue weighted by Crippen LogP contribution is -2.11. The first-order valence-electron chi connectivity index (χ1n) is 7.03. The van der Waals surface area contributed by atoms with Gasteiger partial charge >= 0.3 is 0 Å². The summed E-state index contributed by atoms with van der Waals surface area (Å²) in [5, 5.41) is 10.5. The number of nitrogens with zero attached hydrogens (tertiary/aromatic N) is 3. The molecule has 1 aromatic carbocycles. The summed E-state index contributed by atoms with van der Waals surface area (Å²) in [6.07, 6.45) is 4.28. The van der Waals surface area contributed by atoms with Crippen molar-refractivity contribution in [2.24, 2.45) is 0 Å². The van der Waals surface area contributed by atoms with Crippen LogP contribution in [0.1, 0.15) is 22.8 Å². The highest BCUT2D eigenvalue weighted by Crippen LogP contribution is 2.27. The molecule has 0 amide bonds. The fraction of sp³-hybridized carbons (Fsp3) is 0.125. The lowest BCUT2D eigenvalue weighted by atomic mass is 10.1. The van der Waals surface area contributed by atoms with Gasteiger partial charge in [0.25, 0.3) is 10.0 Å². The molecule has 124 valence electrons. The predicted octanol–water partition coefficient (Wildman–Crippen LogP) is 2.56. The van der Waals surface area contributed by atoms with E-state index in [9.17, 15) is 13.5 Å². The molecule has 2 aromatic heterocycles. The molecule has 0 aliphatic carbocycles. The van der Waals surface area contributed by atoms with Gasteiger partial charge in [0.05, 0.1) is 4.90 Å². The van der Waals surface area contributed by atoms with Crippen molar-refractivity contribution in [2.45, 2.75) is 17.9 Å². The molecule has 0 fully saturated rings. The van der Waals surface area contributed by atoms with E-state index in [2.05, 4.69) is 9.97 Å². The molecule has 3 rings (SSSR count). The first-order valence-corrected chi connectivity index (χ1v) is 8.85. The van der Waals surface area contributed by atoms with Crippen molar-refractivity contribution >= 4 is 21.6 Å². The summed E-state index contributed by atoms with van der Waals surface area (Å²) in [6.45, 7) is 1.88. The Bertz CT molecular complexity index is 968. The molecule has 0 spiro atoms. The minimum Gasteiger partial charge on any atom is -0.383 e. The minimum absolute atomic E-state index is 0.117. The zero-order valence-electron chi connectivity index (χ0n) is 12.7. The molecular formula is C16H14ClN3O3S. The maximum Gasteiger partial charge on any atom is 0.267 e. The highest BCUT2D eigenvalue weighted by atomic mass is 35.5. The van der Waals surface area contributed by atoms with E-state index in [1.54, 1.807) is 24.3 Å². The van der Waals surface area contributed by atoms with Gasteiger partial charge in [0, 0.05) is 29.7 Å². The van der Waals surface area contributed by atoms with Crippen molar-refractivity contribution in [3.05, 3.63) is 77.1 Å². The molecule has 1 N–H and O–H groups in total. The number of hydrogen-bond acceptors (Lipinski definition) is 5. The summed E-state index contributed by atoms with van der Waals surface area (Å²) in [6, 6.07) is 8.06. The lowest BCUT2D eigenvalue weighted by Gasteiger charge is -2.10.